The summed E-state index contributed by atoms with van der Waals surface area (Å²) >= 11 is 0. The summed E-state index contributed by atoms with van der Waals surface area (Å²) in [7, 11) is -0.675. The van der Waals surface area contributed by atoms with Gasteiger partial charge in [-0.1, -0.05) is 89.1 Å². The molecule has 1 radical (unpaired) electrons. The van der Waals surface area contributed by atoms with E-state index in [1.807, 2.05) is 0 Å². The quantitative estimate of drug-likeness (QED) is 0.585. The largest absolute Gasteiger partial charge is 0.125 e. The zero-order valence-electron chi connectivity index (χ0n) is 12.6. The molecule has 0 amide bonds. The second-order valence-electron chi connectivity index (χ2n) is 5.84. The first-order valence-corrected chi connectivity index (χ1v) is 9.79. The molecule has 1 aliphatic carbocycles. The lowest BCUT2D eigenvalue weighted by Gasteiger charge is -2.17. The number of hydrogen-bond donors (Lipinski definition) is 0. The van der Waals surface area contributed by atoms with E-state index in [2.05, 4.69) is 66.7 Å². The Kier molecular flexibility index (Phi) is 5.07. The molecule has 1 saturated carbocycles. The summed E-state index contributed by atoms with van der Waals surface area (Å²) in [5, 5.41) is 3.06. The van der Waals surface area contributed by atoms with Gasteiger partial charge in [0.05, 0.1) is 0 Å². The molecule has 1 aliphatic rings. The Bertz CT molecular complexity index is 524. The molecule has 0 nitrogen and oxygen atoms in total. The van der Waals surface area contributed by atoms with E-state index in [0.717, 1.165) is 0 Å². The van der Waals surface area contributed by atoms with Crippen molar-refractivity contribution in [2.75, 3.05) is 0 Å². The highest BCUT2D eigenvalue weighted by molar-refractivity contribution is 6.85. The maximum atomic E-state index is 2.56. The van der Waals surface area contributed by atoms with E-state index in [1.165, 1.54) is 48.5 Å². The average Bonchev–Trinajstić information content (AvgIpc) is 2.58. The summed E-state index contributed by atoms with van der Waals surface area (Å²) in [6.45, 7) is 0. The topological polar surface area (TPSA) is 0 Å². The van der Waals surface area contributed by atoms with Crippen LogP contribution in [-0.4, -0.2) is 8.80 Å². The standard InChI is InChI=1S/C20H23Si/c1-4-10-18(11-5-1)16-17-21(19-12-6-2-7-13-19)20-14-8-3-9-15-20/h2-3,6-9,12-16H,1,4-5,10-11,17H2. The van der Waals surface area contributed by atoms with Crippen molar-refractivity contribution in [1.29, 1.82) is 0 Å². The van der Waals surface area contributed by atoms with Crippen molar-refractivity contribution < 1.29 is 0 Å². The van der Waals surface area contributed by atoms with Crippen LogP contribution < -0.4 is 10.4 Å². The molecule has 2 aromatic carbocycles. The zero-order valence-corrected chi connectivity index (χ0v) is 13.6. The normalized spacial score (nSPS) is 15.2. The third kappa shape index (κ3) is 3.95. The summed E-state index contributed by atoms with van der Waals surface area (Å²) in [6.07, 6.45) is 9.44. The van der Waals surface area contributed by atoms with Crippen LogP contribution in [0.1, 0.15) is 32.1 Å². The molecule has 0 saturated heterocycles. The molecule has 0 heterocycles. The van der Waals surface area contributed by atoms with Crippen LogP contribution in [0.25, 0.3) is 0 Å². The molecular weight excluding hydrogens is 268 g/mol. The third-order valence-electron chi connectivity index (χ3n) is 4.34. The second kappa shape index (κ2) is 7.42. The highest BCUT2D eigenvalue weighted by atomic mass is 28.3. The van der Waals surface area contributed by atoms with Crippen molar-refractivity contribution in [2.45, 2.75) is 38.1 Å². The molecule has 107 valence electrons. The van der Waals surface area contributed by atoms with Crippen LogP contribution in [-0.2, 0) is 0 Å². The van der Waals surface area contributed by atoms with Gasteiger partial charge in [0.25, 0.3) is 0 Å². The Morgan fingerprint density at radius 1 is 0.714 bits per heavy atom. The maximum Gasteiger partial charge on any atom is 0.125 e. The van der Waals surface area contributed by atoms with Crippen molar-refractivity contribution in [3.63, 3.8) is 0 Å². The van der Waals surface area contributed by atoms with Crippen LogP contribution in [0.15, 0.2) is 72.3 Å². The Morgan fingerprint density at radius 3 is 1.76 bits per heavy atom. The van der Waals surface area contributed by atoms with Crippen LogP contribution in [0.5, 0.6) is 0 Å². The van der Waals surface area contributed by atoms with E-state index in [1.54, 1.807) is 5.57 Å². The van der Waals surface area contributed by atoms with Crippen LogP contribution in [0.4, 0.5) is 0 Å². The average molecular weight is 291 g/mol. The first-order valence-electron chi connectivity index (χ1n) is 8.08. The van der Waals surface area contributed by atoms with Gasteiger partial charge in [0.15, 0.2) is 0 Å². The molecule has 0 aliphatic heterocycles. The summed E-state index contributed by atoms with van der Waals surface area (Å²) in [5.41, 5.74) is 1.70. The fourth-order valence-electron chi connectivity index (χ4n) is 3.14. The highest BCUT2D eigenvalue weighted by Crippen LogP contribution is 2.23. The van der Waals surface area contributed by atoms with Gasteiger partial charge >= 0.3 is 0 Å². The van der Waals surface area contributed by atoms with E-state index in [0.29, 0.717) is 0 Å². The lowest BCUT2D eigenvalue weighted by Crippen LogP contribution is -2.41. The minimum atomic E-state index is -0.675. The van der Waals surface area contributed by atoms with Gasteiger partial charge in [-0.25, -0.2) is 0 Å². The van der Waals surface area contributed by atoms with E-state index in [-0.39, 0.29) is 0 Å². The van der Waals surface area contributed by atoms with Crippen LogP contribution in [0.2, 0.25) is 6.04 Å². The third-order valence-corrected chi connectivity index (χ3v) is 7.01. The van der Waals surface area contributed by atoms with E-state index >= 15 is 0 Å². The van der Waals surface area contributed by atoms with Gasteiger partial charge in [-0.2, -0.15) is 0 Å². The number of hydrogen-bond acceptors (Lipinski definition) is 0. The Labute approximate surface area is 130 Å². The fraction of sp³-hybridized carbons (Fsp3) is 0.300. The monoisotopic (exact) mass is 291 g/mol. The molecule has 0 atom stereocenters. The van der Waals surface area contributed by atoms with E-state index < -0.39 is 8.80 Å². The number of rotatable bonds is 4. The summed E-state index contributed by atoms with van der Waals surface area (Å²) in [6, 6.07) is 23.4. The molecule has 2 aromatic rings. The van der Waals surface area contributed by atoms with Gasteiger partial charge in [0, 0.05) is 0 Å². The first-order chi connectivity index (χ1) is 10.4. The molecule has 0 aromatic heterocycles. The van der Waals surface area contributed by atoms with E-state index in [9.17, 15) is 0 Å². The molecular formula is C20H23Si. The molecule has 0 N–H and O–H groups in total. The molecule has 3 rings (SSSR count). The molecule has 0 spiro atoms. The Morgan fingerprint density at radius 2 is 1.24 bits per heavy atom. The Hall–Kier alpha value is -1.60. The van der Waals surface area contributed by atoms with Gasteiger partial charge in [0.1, 0.15) is 8.80 Å². The van der Waals surface area contributed by atoms with Crippen LogP contribution in [0, 0.1) is 0 Å². The lowest BCUT2D eigenvalue weighted by atomic mass is 9.95. The highest BCUT2D eigenvalue weighted by Gasteiger charge is 2.16. The smallest absolute Gasteiger partial charge is 0.0875 e. The SMILES string of the molecule is C(C[Si](c1ccccc1)c1ccccc1)=C1CCCCC1. The predicted octanol–water partition coefficient (Wildman–Crippen LogP) is 4.19. The van der Waals surface area contributed by atoms with Gasteiger partial charge in [-0.15, -0.1) is 0 Å². The molecule has 0 bridgehead atoms. The van der Waals surface area contributed by atoms with Crippen molar-refractivity contribution in [3.8, 4) is 0 Å². The van der Waals surface area contributed by atoms with Gasteiger partial charge < -0.3 is 0 Å². The van der Waals surface area contributed by atoms with Crippen LogP contribution >= 0.6 is 0 Å². The minimum Gasteiger partial charge on any atom is -0.0875 e. The predicted molar refractivity (Wildman–Crippen MR) is 93.9 cm³/mol. The summed E-state index contributed by atoms with van der Waals surface area (Å²) in [5.74, 6) is 0. The lowest BCUT2D eigenvalue weighted by molar-refractivity contribution is 0.598. The van der Waals surface area contributed by atoms with Crippen molar-refractivity contribution >= 4 is 19.2 Å². The van der Waals surface area contributed by atoms with E-state index in [4.69, 9.17) is 0 Å². The molecule has 1 heteroatoms. The first kappa shape index (κ1) is 14.3. The fourth-order valence-corrected chi connectivity index (χ4v) is 5.62. The van der Waals surface area contributed by atoms with Crippen molar-refractivity contribution in [1.82, 2.24) is 0 Å². The van der Waals surface area contributed by atoms with Gasteiger partial charge in [0.2, 0.25) is 0 Å². The number of benzene rings is 2. The maximum absolute atomic E-state index is 2.56. The summed E-state index contributed by atoms with van der Waals surface area (Å²) < 4.78 is 0. The zero-order chi connectivity index (χ0) is 14.3. The van der Waals surface area contributed by atoms with Gasteiger partial charge in [-0.05, 0) is 31.7 Å². The van der Waals surface area contributed by atoms with Crippen molar-refractivity contribution in [3.05, 3.63) is 72.3 Å². The minimum absolute atomic E-state index is 0.675. The Balaban J connectivity index is 1.83. The van der Waals surface area contributed by atoms with Gasteiger partial charge in [-0.3, -0.25) is 0 Å². The molecule has 0 unspecified atom stereocenters. The molecule has 1 fully saturated rings. The van der Waals surface area contributed by atoms with Crippen LogP contribution in [0.3, 0.4) is 0 Å². The second-order valence-corrected chi connectivity index (χ2v) is 8.36. The molecule has 21 heavy (non-hydrogen) atoms. The number of allylic oxidation sites excluding steroid dienone is 2. The summed E-state index contributed by atoms with van der Waals surface area (Å²) in [4.78, 5) is 0. The van der Waals surface area contributed by atoms with Crippen molar-refractivity contribution in [2.24, 2.45) is 0 Å².